The van der Waals surface area contributed by atoms with Crippen molar-refractivity contribution in [3.63, 3.8) is 0 Å². The average Bonchev–Trinajstić information content (AvgIpc) is 3.15. The molecule has 2 heterocycles. The summed E-state index contributed by atoms with van der Waals surface area (Å²) in [6, 6.07) is 11.2. The van der Waals surface area contributed by atoms with Gasteiger partial charge in [-0.15, -0.1) is 24.0 Å². The van der Waals surface area contributed by atoms with E-state index in [0.717, 1.165) is 30.2 Å². The van der Waals surface area contributed by atoms with Gasteiger partial charge in [-0.25, -0.2) is 9.37 Å². The first-order chi connectivity index (χ1) is 13.2. The van der Waals surface area contributed by atoms with Gasteiger partial charge in [0, 0.05) is 44.5 Å². The van der Waals surface area contributed by atoms with Crippen LogP contribution in [0.1, 0.15) is 18.9 Å². The van der Waals surface area contributed by atoms with Crippen molar-refractivity contribution in [3.8, 4) is 5.75 Å². The van der Waals surface area contributed by atoms with E-state index >= 15 is 0 Å². The quantitative estimate of drug-likeness (QED) is 0.363. The van der Waals surface area contributed by atoms with Crippen molar-refractivity contribution in [1.82, 2.24) is 15.6 Å². The maximum atomic E-state index is 13.9. The summed E-state index contributed by atoms with van der Waals surface area (Å²) in [6.07, 6.45) is 2.52. The fraction of sp³-hybridized carbons (Fsp3) is 0.400. The lowest BCUT2D eigenvalue weighted by atomic mass is 10.2. The van der Waals surface area contributed by atoms with Gasteiger partial charge in [-0.3, -0.25) is 4.99 Å². The van der Waals surface area contributed by atoms with Crippen LogP contribution < -0.4 is 20.3 Å². The number of nitrogens with one attached hydrogen (secondary N) is 2. The molecule has 0 bridgehead atoms. The summed E-state index contributed by atoms with van der Waals surface area (Å²) in [5.41, 5.74) is 1.07. The zero-order valence-electron chi connectivity index (χ0n) is 16.2. The molecule has 1 aliphatic rings. The molecule has 0 amide bonds. The number of ether oxygens (including phenoxy) is 1. The Morgan fingerprint density at radius 3 is 2.89 bits per heavy atom. The second kappa shape index (κ2) is 11.0. The zero-order valence-corrected chi connectivity index (χ0v) is 18.5. The van der Waals surface area contributed by atoms with E-state index in [9.17, 15) is 4.39 Å². The van der Waals surface area contributed by atoms with E-state index in [2.05, 4.69) is 20.6 Å². The van der Waals surface area contributed by atoms with Gasteiger partial charge >= 0.3 is 0 Å². The largest absolute Gasteiger partial charge is 0.494 e. The fourth-order valence-corrected chi connectivity index (χ4v) is 3.19. The molecule has 1 fully saturated rings. The van der Waals surface area contributed by atoms with Crippen LogP contribution in [0, 0.1) is 5.82 Å². The highest BCUT2D eigenvalue weighted by Gasteiger charge is 2.25. The Labute approximate surface area is 182 Å². The van der Waals surface area contributed by atoms with Gasteiger partial charge in [-0.1, -0.05) is 18.2 Å². The normalized spacial score (nSPS) is 16.5. The third-order valence-electron chi connectivity index (χ3n) is 4.51. The molecule has 3 rings (SSSR count). The van der Waals surface area contributed by atoms with Crippen molar-refractivity contribution >= 4 is 35.8 Å². The molecule has 1 unspecified atom stereocenters. The van der Waals surface area contributed by atoms with Gasteiger partial charge in [0.15, 0.2) is 17.6 Å². The van der Waals surface area contributed by atoms with Crippen LogP contribution in [0.3, 0.4) is 0 Å². The number of aromatic nitrogens is 1. The standard InChI is InChI=1S/C20H26FN5O.HI/c1-3-27-18-9-5-4-7-15(18)13-24-20(22-2)25-16-10-12-26(14-16)19-17(21)8-6-11-23-19;/h4-9,11,16H,3,10,12-14H2,1-2H3,(H2,22,24,25);1H. The number of halogens is 2. The van der Waals surface area contributed by atoms with Crippen LogP contribution in [0.15, 0.2) is 47.6 Å². The van der Waals surface area contributed by atoms with Crippen molar-refractivity contribution in [2.45, 2.75) is 25.9 Å². The van der Waals surface area contributed by atoms with Gasteiger partial charge in [-0.05, 0) is 31.5 Å². The summed E-state index contributed by atoms with van der Waals surface area (Å²) >= 11 is 0. The summed E-state index contributed by atoms with van der Waals surface area (Å²) in [5.74, 6) is 1.72. The van der Waals surface area contributed by atoms with E-state index in [4.69, 9.17) is 4.74 Å². The molecule has 0 saturated carbocycles. The van der Waals surface area contributed by atoms with Gasteiger partial charge in [0.05, 0.1) is 6.61 Å². The Kier molecular flexibility index (Phi) is 8.75. The third kappa shape index (κ3) is 5.70. The maximum absolute atomic E-state index is 13.9. The molecule has 28 heavy (non-hydrogen) atoms. The van der Waals surface area contributed by atoms with E-state index in [1.807, 2.05) is 36.1 Å². The SMILES string of the molecule is CCOc1ccccc1CNC(=NC)NC1CCN(c2ncccc2F)C1.I. The molecule has 152 valence electrons. The van der Waals surface area contributed by atoms with E-state index in [1.165, 1.54) is 6.07 Å². The van der Waals surface area contributed by atoms with E-state index in [-0.39, 0.29) is 35.8 Å². The molecule has 6 nitrogen and oxygen atoms in total. The molecule has 1 atom stereocenters. The van der Waals surface area contributed by atoms with Crippen molar-refractivity contribution in [1.29, 1.82) is 0 Å². The minimum atomic E-state index is -0.284. The smallest absolute Gasteiger partial charge is 0.191 e. The van der Waals surface area contributed by atoms with E-state index in [1.54, 1.807) is 19.3 Å². The van der Waals surface area contributed by atoms with E-state index < -0.39 is 0 Å². The highest BCUT2D eigenvalue weighted by atomic mass is 127. The highest BCUT2D eigenvalue weighted by molar-refractivity contribution is 14.0. The number of aliphatic imine (C=N–C) groups is 1. The van der Waals surface area contributed by atoms with Crippen LogP contribution in [0.4, 0.5) is 10.2 Å². The number of guanidine groups is 1. The number of pyridine rings is 1. The Morgan fingerprint density at radius 2 is 2.14 bits per heavy atom. The first-order valence-corrected chi connectivity index (χ1v) is 9.24. The number of hydrogen-bond acceptors (Lipinski definition) is 4. The zero-order chi connectivity index (χ0) is 19.1. The molecule has 1 aromatic carbocycles. The molecule has 0 radical (unpaired) electrons. The monoisotopic (exact) mass is 499 g/mol. The summed E-state index contributed by atoms with van der Waals surface area (Å²) in [4.78, 5) is 10.4. The lowest BCUT2D eigenvalue weighted by molar-refractivity contribution is 0.336. The molecular weight excluding hydrogens is 472 g/mol. The van der Waals surface area contributed by atoms with Gasteiger partial charge in [0.25, 0.3) is 0 Å². The Hall–Kier alpha value is -2.10. The average molecular weight is 499 g/mol. The van der Waals surface area contributed by atoms with Crippen LogP contribution >= 0.6 is 24.0 Å². The first-order valence-electron chi connectivity index (χ1n) is 9.24. The number of anilines is 1. The van der Waals surface area contributed by atoms with Gasteiger partial charge in [0.1, 0.15) is 5.75 Å². The molecule has 2 N–H and O–H groups in total. The molecule has 0 spiro atoms. The maximum Gasteiger partial charge on any atom is 0.191 e. The summed E-state index contributed by atoms with van der Waals surface area (Å²) in [7, 11) is 1.74. The predicted molar refractivity (Wildman–Crippen MR) is 121 cm³/mol. The molecule has 2 aromatic rings. The first kappa shape index (κ1) is 22.2. The van der Waals surface area contributed by atoms with Crippen LogP contribution in [0.5, 0.6) is 5.75 Å². The lowest BCUT2D eigenvalue weighted by Crippen LogP contribution is -2.44. The molecule has 8 heteroatoms. The summed E-state index contributed by atoms with van der Waals surface area (Å²) in [6.45, 7) is 4.66. The van der Waals surface area contributed by atoms with Crippen LogP contribution in [-0.4, -0.2) is 43.7 Å². The van der Waals surface area contributed by atoms with Crippen LogP contribution in [0.25, 0.3) is 0 Å². The lowest BCUT2D eigenvalue weighted by Gasteiger charge is -2.20. The third-order valence-corrected chi connectivity index (χ3v) is 4.51. The Morgan fingerprint density at radius 1 is 1.32 bits per heavy atom. The molecule has 1 aromatic heterocycles. The van der Waals surface area contributed by atoms with E-state index in [0.29, 0.717) is 25.5 Å². The Bertz CT molecular complexity index is 789. The van der Waals surface area contributed by atoms with Gasteiger partial charge in [-0.2, -0.15) is 0 Å². The number of hydrogen-bond donors (Lipinski definition) is 2. The number of rotatable bonds is 6. The summed E-state index contributed by atoms with van der Waals surface area (Å²) < 4.78 is 19.6. The second-order valence-electron chi connectivity index (χ2n) is 6.35. The molecular formula is C20H27FIN5O. The minimum Gasteiger partial charge on any atom is -0.494 e. The number of benzene rings is 1. The fourth-order valence-electron chi connectivity index (χ4n) is 3.19. The van der Waals surface area contributed by atoms with Crippen molar-refractivity contribution < 1.29 is 9.13 Å². The van der Waals surface area contributed by atoms with Crippen LogP contribution in [-0.2, 0) is 6.54 Å². The van der Waals surface area contributed by atoms with Crippen molar-refractivity contribution in [2.24, 2.45) is 4.99 Å². The van der Waals surface area contributed by atoms with Crippen molar-refractivity contribution in [3.05, 3.63) is 54.0 Å². The van der Waals surface area contributed by atoms with Gasteiger partial charge < -0.3 is 20.3 Å². The van der Waals surface area contributed by atoms with Crippen molar-refractivity contribution in [2.75, 3.05) is 31.6 Å². The molecule has 1 aliphatic heterocycles. The number of nitrogens with zero attached hydrogens (tertiary/aromatic N) is 3. The number of para-hydroxylation sites is 1. The topological polar surface area (TPSA) is 61.8 Å². The van der Waals surface area contributed by atoms with Gasteiger partial charge in [0.2, 0.25) is 0 Å². The second-order valence-corrected chi connectivity index (χ2v) is 6.35. The minimum absolute atomic E-state index is 0. The summed E-state index contributed by atoms with van der Waals surface area (Å²) in [5, 5.41) is 6.74. The highest BCUT2D eigenvalue weighted by Crippen LogP contribution is 2.21. The van der Waals surface area contributed by atoms with Crippen LogP contribution in [0.2, 0.25) is 0 Å². The Balaban J connectivity index is 0.00000280. The molecule has 1 saturated heterocycles. The predicted octanol–water partition coefficient (Wildman–Crippen LogP) is 3.18. The molecule has 0 aliphatic carbocycles.